The first kappa shape index (κ1) is 20.5. The molecule has 0 radical (unpaired) electrons. The van der Waals surface area contributed by atoms with Crippen LogP contribution in [0.4, 0.5) is 30.2 Å². The average molecular weight is 407 g/mol. The number of nitrogens with one attached hydrogen (secondary N) is 2. The molecule has 2 N–H and O–H groups in total. The van der Waals surface area contributed by atoms with Crippen LogP contribution in [-0.2, 0) is 15.8 Å². The van der Waals surface area contributed by atoms with Crippen molar-refractivity contribution in [1.29, 1.82) is 0 Å². The Hall–Kier alpha value is -3.23. The Bertz CT molecular complexity index is 913. The molecule has 0 aromatic heterocycles. The van der Waals surface area contributed by atoms with Gasteiger partial charge in [-0.05, 0) is 48.9 Å². The second-order valence-electron chi connectivity index (χ2n) is 6.66. The number of rotatable bonds is 5. The van der Waals surface area contributed by atoms with E-state index in [9.17, 15) is 22.8 Å². The van der Waals surface area contributed by atoms with Crippen LogP contribution in [0.15, 0.2) is 42.5 Å². The molecule has 29 heavy (non-hydrogen) atoms. The molecule has 1 aliphatic heterocycles. The lowest BCUT2D eigenvalue weighted by Crippen LogP contribution is -2.38. The van der Waals surface area contributed by atoms with E-state index in [0.717, 1.165) is 12.1 Å². The maximum absolute atomic E-state index is 12.7. The molecule has 1 atom stereocenters. The monoisotopic (exact) mass is 407 g/mol. The number of anilines is 3. The Morgan fingerprint density at radius 2 is 1.79 bits per heavy atom. The molecule has 1 heterocycles. The number of halogens is 3. The SMILES string of the molecule is COc1ccc(Nc2ccc(C(F)(F)F)cc2)cc1NC(=O)C1CCC(=O)N1C. The van der Waals surface area contributed by atoms with Gasteiger partial charge in [-0.3, -0.25) is 9.59 Å². The van der Waals surface area contributed by atoms with Crippen molar-refractivity contribution < 1.29 is 27.5 Å². The van der Waals surface area contributed by atoms with Crippen LogP contribution in [0.3, 0.4) is 0 Å². The second-order valence-corrected chi connectivity index (χ2v) is 6.66. The Kier molecular flexibility index (Phi) is 5.67. The van der Waals surface area contributed by atoms with Crippen molar-refractivity contribution in [3.8, 4) is 5.75 Å². The number of likely N-dealkylation sites (N-methyl/N-ethyl adjacent to an activating group) is 1. The van der Waals surface area contributed by atoms with Crippen molar-refractivity contribution in [3.63, 3.8) is 0 Å². The minimum atomic E-state index is -4.40. The summed E-state index contributed by atoms with van der Waals surface area (Å²) in [7, 11) is 3.04. The molecule has 0 aliphatic carbocycles. The topological polar surface area (TPSA) is 70.7 Å². The molecule has 0 spiro atoms. The van der Waals surface area contributed by atoms with E-state index in [0.29, 0.717) is 35.7 Å². The van der Waals surface area contributed by atoms with E-state index < -0.39 is 17.8 Å². The van der Waals surface area contributed by atoms with E-state index in [1.165, 1.54) is 24.1 Å². The fourth-order valence-corrected chi connectivity index (χ4v) is 3.12. The van der Waals surface area contributed by atoms with Gasteiger partial charge in [0.25, 0.3) is 0 Å². The molecule has 6 nitrogen and oxygen atoms in total. The van der Waals surface area contributed by atoms with Crippen LogP contribution < -0.4 is 15.4 Å². The van der Waals surface area contributed by atoms with Gasteiger partial charge in [-0.2, -0.15) is 13.2 Å². The predicted molar refractivity (Wildman–Crippen MR) is 102 cm³/mol. The summed E-state index contributed by atoms with van der Waals surface area (Å²) >= 11 is 0. The van der Waals surface area contributed by atoms with Gasteiger partial charge in [0.15, 0.2) is 0 Å². The highest BCUT2D eigenvalue weighted by atomic mass is 19.4. The molecule has 3 rings (SSSR count). The largest absolute Gasteiger partial charge is 0.495 e. The van der Waals surface area contributed by atoms with Gasteiger partial charge in [0, 0.05) is 24.8 Å². The average Bonchev–Trinajstić information content (AvgIpc) is 3.00. The standard InChI is InChI=1S/C20H20F3N3O3/c1-26-16(8-10-18(26)27)19(28)25-15-11-14(7-9-17(15)29-2)24-13-5-3-12(4-6-13)20(21,22)23/h3-7,9,11,16,24H,8,10H2,1-2H3,(H,25,28). The third kappa shape index (κ3) is 4.61. The lowest BCUT2D eigenvalue weighted by molar-refractivity contribution is -0.137. The number of carbonyl (C=O) groups is 2. The number of hydrogen-bond acceptors (Lipinski definition) is 4. The summed E-state index contributed by atoms with van der Waals surface area (Å²) in [5.74, 6) is 0.00135. The lowest BCUT2D eigenvalue weighted by atomic mass is 10.1. The smallest absolute Gasteiger partial charge is 0.416 e. The number of hydrogen-bond donors (Lipinski definition) is 2. The van der Waals surface area contributed by atoms with Gasteiger partial charge in [-0.25, -0.2) is 0 Å². The first-order valence-corrected chi connectivity index (χ1v) is 8.88. The van der Waals surface area contributed by atoms with Gasteiger partial charge >= 0.3 is 6.18 Å². The fraction of sp³-hybridized carbons (Fsp3) is 0.300. The number of amides is 2. The lowest BCUT2D eigenvalue weighted by Gasteiger charge is -2.20. The molecular weight excluding hydrogens is 387 g/mol. The molecule has 1 fully saturated rings. The van der Waals surface area contributed by atoms with Gasteiger partial charge < -0.3 is 20.3 Å². The van der Waals surface area contributed by atoms with E-state index in [1.807, 2.05) is 0 Å². The van der Waals surface area contributed by atoms with Gasteiger partial charge in [-0.1, -0.05) is 0 Å². The number of benzene rings is 2. The Morgan fingerprint density at radius 3 is 2.34 bits per heavy atom. The minimum Gasteiger partial charge on any atom is -0.495 e. The highest BCUT2D eigenvalue weighted by Gasteiger charge is 2.33. The molecule has 9 heteroatoms. The summed E-state index contributed by atoms with van der Waals surface area (Å²) < 4.78 is 43.3. The molecule has 1 saturated heterocycles. The summed E-state index contributed by atoms with van der Waals surface area (Å²) in [5, 5.41) is 5.76. The highest BCUT2D eigenvalue weighted by molar-refractivity contribution is 6.00. The summed E-state index contributed by atoms with van der Waals surface area (Å²) in [5.41, 5.74) is 0.668. The summed E-state index contributed by atoms with van der Waals surface area (Å²) in [6.45, 7) is 0. The quantitative estimate of drug-likeness (QED) is 0.786. The molecule has 1 aliphatic rings. The first-order chi connectivity index (χ1) is 13.7. The molecule has 1 unspecified atom stereocenters. The van der Waals surface area contributed by atoms with Crippen LogP contribution in [0.1, 0.15) is 18.4 Å². The number of nitrogens with zero attached hydrogens (tertiary/aromatic N) is 1. The van der Waals surface area contributed by atoms with E-state index in [4.69, 9.17) is 4.74 Å². The van der Waals surface area contributed by atoms with Gasteiger partial charge in [0.2, 0.25) is 11.8 Å². The van der Waals surface area contributed by atoms with Crippen molar-refractivity contribution >= 4 is 28.9 Å². The van der Waals surface area contributed by atoms with Crippen molar-refractivity contribution in [2.24, 2.45) is 0 Å². The van der Waals surface area contributed by atoms with Crippen LogP contribution in [0.5, 0.6) is 5.75 Å². The van der Waals surface area contributed by atoms with Crippen LogP contribution in [0, 0.1) is 0 Å². The summed E-state index contributed by atoms with van der Waals surface area (Å²) in [4.78, 5) is 25.6. The van der Waals surface area contributed by atoms with Crippen molar-refractivity contribution in [1.82, 2.24) is 4.90 Å². The summed E-state index contributed by atoms with van der Waals surface area (Å²) in [6, 6.07) is 8.99. The zero-order valence-electron chi connectivity index (χ0n) is 15.8. The van der Waals surface area contributed by atoms with E-state index in [1.54, 1.807) is 25.2 Å². The Labute approximate surface area is 165 Å². The molecule has 0 bridgehead atoms. The molecule has 154 valence electrons. The highest BCUT2D eigenvalue weighted by Crippen LogP contribution is 2.32. The zero-order chi connectivity index (χ0) is 21.2. The van der Waals surface area contributed by atoms with E-state index >= 15 is 0 Å². The van der Waals surface area contributed by atoms with E-state index in [-0.39, 0.29) is 11.8 Å². The molecule has 2 aromatic rings. The fourth-order valence-electron chi connectivity index (χ4n) is 3.12. The number of carbonyl (C=O) groups excluding carboxylic acids is 2. The Morgan fingerprint density at radius 1 is 1.14 bits per heavy atom. The van der Waals surface area contributed by atoms with Crippen molar-refractivity contribution in [2.75, 3.05) is 24.8 Å². The second kappa shape index (κ2) is 8.02. The Balaban J connectivity index is 1.76. The van der Waals surface area contributed by atoms with Gasteiger partial charge in [-0.15, -0.1) is 0 Å². The maximum atomic E-state index is 12.7. The van der Waals surface area contributed by atoms with Gasteiger partial charge in [0.05, 0.1) is 18.4 Å². The number of alkyl halides is 3. The molecule has 0 saturated carbocycles. The first-order valence-electron chi connectivity index (χ1n) is 8.88. The number of methoxy groups -OCH3 is 1. The number of likely N-dealkylation sites (tertiary alicyclic amines) is 1. The number of ether oxygens (including phenoxy) is 1. The molecule has 2 aromatic carbocycles. The zero-order valence-corrected chi connectivity index (χ0v) is 15.8. The molecular formula is C20H20F3N3O3. The normalized spacial score (nSPS) is 16.7. The van der Waals surface area contributed by atoms with Crippen molar-refractivity contribution in [2.45, 2.75) is 25.1 Å². The minimum absolute atomic E-state index is 0.0881. The third-order valence-corrected chi connectivity index (χ3v) is 4.75. The summed E-state index contributed by atoms with van der Waals surface area (Å²) in [6.07, 6.45) is -3.64. The van der Waals surface area contributed by atoms with Crippen LogP contribution >= 0.6 is 0 Å². The van der Waals surface area contributed by atoms with E-state index in [2.05, 4.69) is 10.6 Å². The predicted octanol–water partition coefficient (Wildman–Crippen LogP) is 4.02. The molecule has 2 amide bonds. The van der Waals surface area contributed by atoms with Gasteiger partial charge in [0.1, 0.15) is 11.8 Å². The van der Waals surface area contributed by atoms with Crippen LogP contribution in [0.2, 0.25) is 0 Å². The van der Waals surface area contributed by atoms with Crippen LogP contribution in [0.25, 0.3) is 0 Å². The maximum Gasteiger partial charge on any atom is 0.416 e. The van der Waals surface area contributed by atoms with Crippen molar-refractivity contribution in [3.05, 3.63) is 48.0 Å². The third-order valence-electron chi connectivity index (χ3n) is 4.75. The van der Waals surface area contributed by atoms with Crippen LogP contribution in [-0.4, -0.2) is 36.9 Å².